The highest BCUT2D eigenvalue weighted by Gasteiger charge is 2.10. The second kappa shape index (κ2) is 8.84. The van der Waals surface area contributed by atoms with Crippen LogP contribution in [0.4, 0.5) is 0 Å². The lowest BCUT2D eigenvalue weighted by Gasteiger charge is -2.07. The number of ether oxygens (including phenoxy) is 2. The average Bonchev–Trinajstić information content (AvgIpc) is 2.64. The molecule has 2 rings (SSSR count). The summed E-state index contributed by atoms with van der Waals surface area (Å²) in [6.45, 7) is -0.464. The molecule has 7 heteroatoms. The van der Waals surface area contributed by atoms with Crippen molar-refractivity contribution in [3.63, 3.8) is 0 Å². The highest BCUT2D eigenvalue weighted by atomic mass is 35.5. The van der Waals surface area contributed by atoms with Gasteiger partial charge in [0.2, 0.25) is 0 Å². The van der Waals surface area contributed by atoms with Crippen LogP contribution < -0.4 is 10.1 Å². The number of hydrogen-bond donors (Lipinski definition) is 1. The van der Waals surface area contributed by atoms with Crippen LogP contribution in [-0.2, 0) is 14.3 Å². The molecule has 0 bridgehead atoms. The molecule has 2 aromatic carbocycles. The van der Waals surface area contributed by atoms with E-state index in [4.69, 9.17) is 16.3 Å². The van der Waals surface area contributed by atoms with E-state index < -0.39 is 11.9 Å². The molecule has 1 N–H and O–H groups in total. The lowest BCUT2D eigenvalue weighted by Crippen LogP contribution is -2.33. The van der Waals surface area contributed by atoms with Gasteiger partial charge in [0.25, 0.3) is 5.91 Å². The molecule has 0 saturated heterocycles. The van der Waals surface area contributed by atoms with Crippen molar-refractivity contribution in [3.05, 3.63) is 64.7 Å². The van der Waals surface area contributed by atoms with E-state index in [1.54, 1.807) is 48.5 Å². The molecular formula is C18H16ClNO5. The van der Waals surface area contributed by atoms with Gasteiger partial charge in [0.05, 0.1) is 7.11 Å². The Morgan fingerprint density at radius 2 is 1.52 bits per heavy atom. The molecule has 0 aliphatic carbocycles. The summed E-state index contributed by atoms with van der Waals surface area (Å²) in [4.78, 5) is 34.7. The Morgan fingerprint density at radius 1 is 0.960 bits per heavy atom. The Hall–Kier alpha value is -2.86. The maximum atomic E-state index is 12.3. The number of amides is 1. The van der Waals surface area contributed by atoms with E-state index >= 15 is 0 Å². The van der Waals surface area contributed by atoms with Crippen LogP contribution in [0.25, 0.3) is 0 Å². The molecule has 0 heterocycles. The zero-order chi connectivity index (χ0) is 18.2. The zero-order valence-electron chi connectivity index (χ0n) is 13.5. The van der Waals surface area contributed by atoms with E-state index in [0.717, 1.165) is 0 Å². The number of benzene rings is 2. The number of hydrogen-bond acceptors (Lipinski definition) is 5. The molecular weight excluding hydrogens is 346 g/mol. The first-order valence-electron chi connectivity index (χ1n) is 7.36. The predicted molar refractivity (Wildman–Crippen MR) is 91.8 cm³/mol. The molecule has 0 aliphatic rings. The van der Waals surface area contributed by atoms with Crippen molar-refractivity contribution in [1.29, 1.82) is 0 Å². The third-order valence-electron chi connectivity index (χ3n) is 3.25. The molecule has 0 saturated carbocycles. The fraction of sp³-hybridized carbons (Fsp3) is 0.167. The van der Waals surface area contributed by atoms with Gasteiger partial charge >= 0.3 is 5.97 Å². The number of carbonyl (C=O) groups excluding carboxylic acids is 3. The average molecular weight is 362 g/mol. The number of carbonyl (C=O) groups is 3. The van der Waals surface area contributed by atoms with E-state index in [-0.39, 0.29) is 18.9 Å². The van der Waals surface area contributed by atoms with Crippen molar-refractivity contribution in [1.82, 2.24) is 5.32 Å². The van der Waals surface area contributed by atoms with Crippen molar-refractivity contribution in [2.24, 2.45) is 0 Å². The van der Waals surface area contributed by atoms with Gasteiger partial charge in [-0.15, -0.1) is 0 Å². The van der Waals surface area contributed by atoms with Gasteiger partial charge in [-0.25, -0.2) is 0 Å². The summed E-state index contributed by atoms with van der Waals surface area (Å²) in [5.74, 6) is -0.704. The van der Waals surface area contributed by atoms with Crippen LogP contribution in [0.15, 0.2) is 48.5 Å². The van der Waals surface area contributed by atoms with Gasteiger partial charge in [-0.05, 0) is 48.5 Å². The van der Waals surface area contributed by atoms with Crippen LogP contribution >= 0.6 is 11.6 Å². The normalized spacial score (nSPS) is 10.0. The van der Waals surface area contributed by atoms with Crippen molar-refractivity contribution in [2.75, 3.05) is 20.3 Å². The van der Waals surface area contributed by atoms with E-state index in [1.165, 1.54) is 7.11 Å². The van der Waals surface area contributed by atoms with Crippen molar-refractivity contribution >= 4 is 29.3 Å². The molecule has 0 atom stereocenters. The maximum absolute atomic E-state index is 12.3. The molecule has 0 radical (unpaired) electrons. The smallest absolute Gasteiger partial charge is 0.325 e. The molecule has 25 heavy (non-hydrogen) atoms. The summed E-state index contributed by atoms with van der Waals surface area (Å²) in [6, 6.07) is 13.0. The van der Waals surface area contributed by atoms with Crippen LogP contribution in [-0.4, -0.2) is 37.9 Å². The van der Waals surface area contributed by atoms with Crippen LogP contribution in [0.5, 0.6) is 5.75 Å². The minimum absolute atomic E-state index is 0.140. The zero-order valence-corrected chi connectivity index (χ0v) is 14.2. The summed E-state index contributed by atoms with van der Waals surface area (Å²) in [5.41, 5.74) is 1.02. The van der Waals surface area contributed by atoms with E-state index in [0.29, 0.717) is 21.9 Å². The van der Waals surface area contributed by atoms with Crippen LogP contribution in [0.3, 0.4) is 0 Å². The summed E-state index contributed by atoms with van der Waals surface area (Å²) < 4.78 is 9.71. The Balaban J connectivity index is 1.89. The van der Waals surface area contributed by atoms with Gasteiger partial charge in [0.1, 0.15) is 12.3 Å². The first kappa shape index (κ1) is 18.5. The fourth-order valence-electron chi connectivity index (χ4n) is 1.91. The Morgan fingerprint density at radius 3 is 2.08 bits per heavy atom. The maximum Gasteiger partial charge on any atom is 0.325 e. The molecule has 0 aliphatic heterocycles. The van der Waals surface area contributed by atoms with Crippen LogP contribution in [0, 0.1) is 0 Å². The van der Waals surface area contributed by atoms with Gasteiger partial charge in [-0.1, -0.05) is 11.6 Å². The Bertz CT molecular complexity index is 756. The lowest BCUT2D eigenvalue weighted by atomic mass is 10.0. The number of nitrogens with one attached hydrogen (secondary N) is 1. The van der Waals surface area contributed by atoms with Crippen LogP contribution in [0.2, 0.25) is 5.02 Å². The van der Waals surface area contributed by atoms with Gasteiger partial charge < -0.3 is 14.8 Å². The van der Waals surface area contributed by atoms with Crippen molar-refractivity contribution < 1.29 is 23.9 Å². The number of ketones is 1. The molecule has 6 nitrogen and oxygen atoms in total. The standard InChI is InChI=1S/C18H16ClNO5/c1-24-17(22)10-20-16(21)11-25-15-8-4-13(5-9-15)18(23)12-2-6-14(19)7-3-12/h2-9H,10-11H2,1H3,(H,20,21). The molecule has 0 unspecified atom stereocenters. The lowest BCUT2D eigenvalue weighted by molar-refractivity contribution is -0.141. The molecule has 130 valence electrons. The number of esters is 1. The minimum Gasteiger partial charge on any atom is -0.484 e. The fourth-order valence-corrected chi connectivity index (χ4v) is 2.04. The minimum atomic E-state index is -0.543. The molecule has 0 aromatic heterocycles. The third-order valence-corrected chi connectivity index (χ3v) is 3.50. The number of rotatable bonds is 7. The topological polar surface area (TPSA) is 81.7 Å². The second-order valence-corrected chi connectivity index (χ2v) is 5.44. The molecule has 2 aromatic rings. The van der Waals surface area contributed by atoms with E-state index in [9.17, 15) is 14.4 Å². The highest BCUT2D eigenvalue weighted by Crippen LogP contribution is 2.17. The van der Waals surface area contributed by atoms with E-state index in [2.05, 4.69) is 10.1 Å². The second-order valence-electron chi connectivity index (χ2n) is 5.00. The van der Waals surface area contributed by atoms with Gasteiger partial charge in [-0.2, -0.15) is 0 Å². The third kappa shape index (κ3) is 5.61. The number of methoxy groups -OCH3 is 1. The largest absolute Gasteiger partial charge is 0.484 e. The predicted octanol–water partition coefficient (Wildman–Crippen LogP) is 2.24. The van der Waals surface area contributed by atoms with Crippen molar-refractivity contribution in [3.8, 4) is 5.75 Å². The Labute approximate surface area is 149 Å². The first-order valence-corrected chi connectivity index (χ1v) is 7.74. The quantitative estimate of drug-likeness (QED) is 0.604. The van der Waals surface area contributed by atoms with Crippen LogP contribution in [0.1, 0.15) is 15.9 Å². The summed E-state index contributed by atoms with van der Waals surface area (Å²) in [6.07, 6.45) is 0. The van der Waals surface area contributed by atoms with Gasteiger partial charge in [-0.3, -0.25) is 14.4 Å². The Kier molecular flexibility index (Phi) is 6.54. The first-order chi connectivity index (χ1) is 12.0. The molecule has 0 spiro atoms. The molecule has 1 amide bonds. The summed E-state index contributed by atoms with van der Waals surface area (Å²) in [7, 11) is 1.23. The van der Waals surface area contributed by atoms with Crippen molar-refractivity contribution in [2.45, 2.75) is 0 Å². The SMILES string of the molecule is COC(=O)CNC(=O)COc1ccc(C(=O)c2ccc(Cl)cc2)cc1. The number of halogens is 1. The highest BCUT2D eigenvalue weighted by molar-refractivity contribution is 6.30. The monoisotopic (exact) mass is 361 g/mol. The van der Waals surface area contributed by atoms with Gasteiger partial charge in [0.15, 0.2) is 12.4 Å². The van der Waals surface area contributed by atoms with Gasteiger partial charge in [0, 0.05) is 16.1 Å². The molecule has 0 fully saturated rings. The van der Waals surface area contributed by atoms with E-state index in [1.807, 2.05) is 0 Å². The summed E-state index contributed by atoms with van der Waals surface area (Å²) in [5, 5.41) is 2.92. The summed E-state index contributed by atoms with van der Waals surface area (Å²) >= 11 is 5.81.